The van der Waals surface area contributed by atoms with Crippen LogP contribution in [0.2, 0.25) is 0 Å². The molecule has 0 fully saturated rings. The SMILES string of the molecule is O=C(CSc1nc2ccccc2s1)c1cccc(N([O-])O)c1. The number of nitrogens with zero attached hydrogens (tertiary/aromatic N) is 2. The van der Waals surface area contributed by atoms with Gasteiger partial charge >= 0.3 is 0 Å². The molecular weight excluding hydrogens is 320 g/mol. The summed E-state index contributed by atoms with van der Waals surface area (Å²) in [6.07, 6.45) is 0. The number of carbonyl (C=O) groups is 1. The molecule has 7 heteroatoms. The Morgan fingerprint density at radius 3 is 2.86 bits per heavy atom. The first-order valence-electron chi connectivity index (χ1n) is 6.41. The maximum atomic E-state index is 12.2. The lowest BCUT2D eigenvalue weighted by molar-refractivity contribution is 0.102. The van der Waals surface area contributed by atoms with Crippen LogP contribution in [-0.2, 0) is 0 Å². The maximum absolute atomic E-state index is 12.2. The van der Waals surface area contributed by atoms with E-state index >= 15 is 0 Å². The molecule has 5 nitrogen and oxygen atoms in total. The zero-order valence-corrected chi connectivity index (χ0v) is 12.9. The number of anilines is 1. The standard InChI is InChI=1S/C15H11N2O3S2/c18-13(10-4-3-5-11(8-10)17(19)20)9-21-15-16-12-6-1-2-7-14(12)22-15/h1-8,19H,9H2/q-1. The number of hydrogen-bond donors (Lipinski definition) is 1. The summed E-state index contributed by atoms with van der Waals surface area (Å²) in [5.41, 5.74) is 1.35. The van der Waals surface area contributed by atoms with Crippen LogP contribution in [0.4, 0.5) is 5.69 Å². The first-order chi connectivity index (χ1) is 10.6. The summed E-state index contributed by atoms with van der Waals surface area (Å²) in [5, 5.41) is 19.5. The summed E-state index contributed by atoms with van der Waals surface area (Å²) < 4.78 is 1.92. The Bertz CT molecular complexity index is 784. The number of thioether (sulfide) groups is 1. The summed E-state index contributed by atoms with van der Waals surface area (Å²) in [6.45, 7) is 0. The fourth-order valence-corrected chi connectivity index (χ4v) is 3.88. The minimum Gasteiger partial charge on any atom is -0.733 e. The quantitative estimate of drug-likeness (QED) is 0.433. The number of rotatable bonds is 5. The van der Waals surface area contributed by atoms with Crippen molar-refractivity contribution in [1.29, 1.82) is 0 Å². The Labute approximate surface area is 134 Å². The first-order valence-corrected chi connectivity index (χ1v) is 8.21. The van der Waals surface area contributed by atoms with Gasteiger partial charge in [0.2, 0.25) is 0 Å². The van der Waals surface area contributed by atoms with Gasteiger partial charge in [0.1, 0.15) is 0 Å². The van der Waals surface area contributed by atoms with Crippen LogP contribution in [0.25, 0.3) is 10.2 Å². The van der Waals surface area contributed by atoms with Gasteiger partial charge in [-0.05, 0) is 24.3 Å². The van der Waals surface area contributed by atoms with Gasteiger partial charge in [0.15, 0.2) is 10.1 Å². The van der Waals surface area contributed by atoms with E-state index in [1.807, 2.05) is 24.3 Å². The minimum absolute atomic E-state index is 0.0378. The van der Waals surface area contributed by atoms with Crippen molar-refractivity contribution in [1.82, 2.24) is 4.98 Å². The van der Waals surface area contributed by atoms with Crippen molar-refractivity contribution in [3.8, 4) is 0 Å². The number of fused-ring (bicyclic) bond motifs is 1. The van der Waals surface area contributed by atoms with E-state index in [0.717, 1.165) is 14.6 Å². The van der Waals surface area contributed by atoms with Crippen LogP contribution < -0.4 is 5.23 Å². The Morgan fingerprint density at radius 1 is 1.27 bits per heavy atom. The predicted molar refractivity (Wildman–Crippen MR) is 88.7 cm³/mol. The van der Waals surface area contributed by atoms with Crippen LogP contribution in [0.3, 0.4) is 0 Å². The molecule has 0 atom stereocenters. The zero-order chi connectivity index (χ0) is 15.5. The molecule has 0 unspecified atom stereocenters. The summed E-state index contributed by atoms with van der Waals surface area (Å²) in [7, 11) is 0. The highest BCUT2D eigenvalue weighted by atomic mass is 32.2. The molecule has 0 radical (unpaired) electrons. The van der Waals surface area contributed by atoms with Crippen molar-refractivity contribution < 1.29 is 10.0 Å². The molecule has 0 spiro atoms. The van der Waals surface area contributed by atoms with Crippen molar-refractivity contribution in [3.05, 3.63) is 59.3 Å². The number of Topliss-reactive ketones (excluding diaryl/α,β-unsaturated/α-hetero) is 1. The molecule has 0 aliphatic carbocycles. The van der Waals surface area contributed by atoms with E-state index in [2.05, 4.69) is 4.98 Å². The molecule has 3 rings (SSSR count). The second-order valence-corrected chi connectivity index (χ2v) is 6.74. The summed E-state index contributed by atoms with van der Waals surface area (Å²) in [5.74, 6) is 0.112. The Kier molecular flexibility index (Phi) is 4.39. The molecule has 0 aliphatic heterocycles. The van der Waals surface area contributed by atoms with E-state index in [9.17, 15) is 10.0 Å². The lowest BCUT2D eigenvalue weighted by Gasteiger charge is -2.21. The van der Waals surface area contributed by atoms with Gasteiger partial charge in [-0.25, -0.2) is 4.98 Å². The van der Waals surface area contributed by atoms with Gasteiger partial charge in [0.05, 0.1) is 21.7 Å². The fourth-order valence-electron chi connectivity index (χ4n) is 1.92. The zero-order valence-electron chi connectivity index (χ0n) is 11.3. The fraction of sp³-hybridized carbons (Fsp3) is 0.0667. The van der Waals surface area contributed by atoms with Crippen LogP contribution >= 0.6 is 23.1 Å². The number of para-hydroxylation sites is 1. The third-order valence-electron chi connectivity index (χ3n) is 2.99. The largest absolute Gasteiger partial charge is 0.733 e. The molecule has 22 heavy (non-hydrogen) atoms. The molecule has 0 saturated heterocycles. The molecule has 2 aromatic carbocycles. The second-order valence-electron chi connectivity index (χ2n) is 4.48. The lowest BCUT2D eigenvalue weighted by atomic mass is 10.1. The number of carbonyl (C=O) groups excluding carboxylic acids is 1. The molecule has 0 aliphatic rings. The monoisotopic (exact) mass is 331 g/mol. The molecular formula is C15H11N2O3S2-. The lowest BCUT2D eigenvalue weighted by Crippen LogP contribution is -2.09. The Balaban J connectivity index is 1.70. The molecule has 0 amide bonds. The number of thiazole rings is 1. The average molecular weight is 331 g/mol. The van der Waals surface area contributed by atoms with Crippen LogP contribution in [0.1, 0.15) is 10.4 Å². The van der Waals surface area contributed by atoms with Gasteiger partial charge in [-0.1, -0.05) is 36.0 Å². The highest BCUT2D eigenvalue weighted by molar-refractivity contribution is 8.01. The molecule has 1 heterocycles. The smallest absolute Gasteiger partial charge is 0.173 e. The number of hydrogen-bond acceptors (Lipinski definition) is 7. The Morgan fingerprint density at radius 2 is 2.09 bits per heavy atom. The first kappa shape index (κ1) is 15.0. The highest BCUT2D eigenvalue weighted by Crippen LogP contribution is 2.29. The van der Waals surface area contributed by atoms with Crippen molar-refractivity contribution in [2.45, 2.75) is 4.34 Å². The maximum Gasteiger partial charge on any atom is 0.173 e. The molecule has 1 N–H and O–H groups in total. The molecule has 0 bridgehead atoms. The van der Waals surface area contributed by atoms with Gasteiger partial charge in [0.25, 0.3) is 0 Å². The molecule has 0 saturated carbocycles. The molecule has 1 aromatic heterocycles. The topological polar surface area (TPSA) is 76.5 Å². The van der Waals surface area contributed by atoms with E-state index in [-0.39, 0.29) is 22.5 Å². The van der Waals surface area contributed by atoms with E-state index in [0.29, 0.717) is 5.56 Å². The van der Waals surface area contributed by atoms with Gasteiger partial charge in [0, 0.05) is 5.56 Å². The van der Waals surface area contributed by atoms with Gasteiger partial charge < -0.3 is 10.4 Å². The average Bonchev–Trinajstić information content (AvgIpc) is 2.95. The predicted octanol–water partition coefficient (Wildman–Crippen LogP) is 3.96. The number of ketones is 1. The second kappa shape index (κ2) is 6.45. The molecule has 3 aromatic rings. The number of aromatic nitrogens is 1. The van der Waals surface area contributed by atoms with Crippen molar-refractivity contribution in [2.24, 2.45) is 0 Å². The summed E-state index contributed by atoms with van der Waals surface area (Å²) >= 11 is 2.91. The highest BCUT2D eigenvalue weighted by Gasteiger charge is 2.10. The van der Waals surface area contributed by atoms with Gasteiger partial charge in [-0.2, -0.15) is 0 Å². The van der Waals surface area contributed by atoms with Crippen molar-refractivity contribution in [3.63, 3.8) is 0 Å². The third kappa shape index (κ3) is 3.28. The van der Waals surface area contributed by atoms with Crippen LogP contribution in [0.5, 0.6) is 0 Å². The van der Waals surface area contributed by atoms with Gasteiger partial charge in [-0.15, -0.1) is 11.3 Å². The van der Waals surface area contributed by atoms with E-state index in [4.69, 9.17) is 5.21 Å². The van der Waals surface area contributed by atoms with Crippen molar-refractivity contribution in [2.75, 3.05) is 11.0 Å². The normalized spacial score (nSPS) is 10.8. The van der Waals surface area contributed by atoms with E-state index in [1.54, 1.807) is 23.5 Å². The van der Waals surface area contributed by atoms with E-state index < -0.39 is 0 Å². The van der Waals surface area contributed by atoms with Gasteiger partial charge in [-0.3, -0.25) is 10.0 Å². The minimum atomic E-state index is -0.253. The number of benzene rings is 2. The van der Waals surface area contributed by atoms with E-state index in [1.165, 1.54) is 23.9 Å². The van der Waals surface area contributed by atoms with Crippen LogP contribution in [0.15, 0.2) is 52.9 Å². The summed E-state index contributed by atoms with van der Waals surface area (Å²) in [6, 6.07) is 13.8. The van der Waals surface area contributed by atoms with Crippen molar-refractivity contribution >= 4 is 44.8 Å². The molecule has 112 valence electrons. The van der Waals surface area contributed by atoms with Crippen LogP contribution in [0, 0.1) is 5.21 Å². The van der Waals surface area contributed by atoms with Crippen LogP contribution in [-0.4, -0.2) is 21.7 Å². The Hall–Kier alpha value is -1.93. The third-order valence-corrected chi connectivity index (χ3v) is 5.17. The summed E-state index contributed by atoms with van der Waals surface area (Å²) in [4.78, 5) is 16.6.